The van der Waals surface area contributed by atoms with E-state index in [-0.39, 0.29) is 11.3 Å². The van der Waals surface area contributed by atoms with Gasteiger partial charge < -0.3 is 15.5 Å². The fourth-order valence-corrected chi connectivity index (χ4v) is 2.96. The Kier molecular flexibility index (Phi) is 4.92. The molecule has 0 bridgehead atoms. The van der Waals surface area contributed by atoms with Gasteiger partial charge in [0.05, 0.1) is 5.41 Å². The maximum Gasteiger partial charge on any atom is 0.227 e. The fraction of sp³-hybridized carbons (Fsp3) is 0.643. The average molecular weight is 309 g/mol. The number of nitrogens with one attached hydrogen (secondary N) is 2. The molecule has 1 saturated heterocycles. The second kappa shape index (κ2) is 6.51. The zero-order chi connectivity index (χ0) is 15.5. The summed E-state index contributed by atoms with van der Waals surface area (Å²) in [5, 5.41) is 6.74. The molecule has 1 atom stereocenters. The number of nitrogens with zero attached hydrogens (tertiary/aromatic N) is 3. The first-order valence-corrected chi connectivity index (χ1v) is 8.39. The summed E-state index contributed by atoms with van der Waals surface area (Å²) >= 11 is 1.52. The molecule has 0 aliphatic carbocycles. The molecule has 0 spiro atoms. The Morgan fingerprint density at radius 3 is 2.90 bits per heavy atom. The van der Waals surface area contributed by atoms with E-state index in [2.05, 4.69) is 25.5 Å². The molecule has 2 rings (SSSR count). The lowest BCUT2D eigenvalue weighted by atomic mass is 9.89. The van der Waals surface area contributed by atoms with Crippen LogP contribution in [0.1, 0.15) is 20.3 Å². The SMILES string of the molecule is CCNc1cc(N2CCC(C)(C(=O)NC)C2)nc(SC)n1. The smallest absolute Gasteiger partial charge is 0.227 e. The zero-order valence-corrected chi connectivity index (χ0v) is 13.9. The van der Waals surface area contributed by atoms with Crippen LogP contribution in [0.2, 0.25) is 0 Å². The second-order valence-corrected chi connectivity index (χ2v) is 6.21. The van der Waals surface area contributed by atoms with Crippen molar-refractivity contribution in [3.8, 4) is 0 Å². The molecule has 1 aromatic heterocycles. The summed E-state index contributed by atoms with van der Waals surface area (Å²) in [5.74, 6) is 1.81. The van der Waals surface area contributed by atoms with Crippen molar-refractivity contribution in [1.82, 2.24) is 15.3 Å². The van der Waals surface area contributed by atoms with Crippen LogP contribution in [0.5, 0.6) is 0 Å². The van der Waals surface area contributed by atoms with Crippen molar-refractivity contribution in [3.63, 3.8) is 0 Å². The predicted molar refractivity (Wildman–Crippen MR) is 87.0 cm³/mol. The van der Waals surface area contributed by atoms with E-state index in [9.17, 15) is 4.79 Å². The second-order valence-electron chi connectivity index (χ2n) is 5.44. The number of carbonyl (C=O) groups excluding carboxylic acids is 1. The first kappa shape index (κ1) is 15.9. The molecule has 1 aliphatic heterocycles. The first-order chi connectivity index (χ1) is 10.0. The summed E-state index contributed by atoms with van der Waals surface area (Å²) in [6, 6.07) is 1.96. The van der Waals surface area contributed by atoms with Crippen molar-refractivity contribution in [2.75, 3.05) is 43.2 Å². The van der Waals surface area contributed by atoms with Crippen molar-refractivity contribution in [3.05, 3.63) is 6.07 Å². The minimum absolute atomic E-state index is 0.0936. The minimum Gasteiger partial charge on any atom is -0.370 e. The third-order valence-electron chi connectivity index (χ3n) is 3.81. The van der Waals surface area contributed by atoms with Gasteiger partial charge in [-0.15, -0.1) is 0 Å². The summed E-state index contributed by atoms with van der Waals surface area (Å²) in [6.07, 6.45) is 2.80. The van der Waals surface area contributed by atoms with Crippen LogP contribution in [0.4, 0.5) is 11.6 Å². The third kappa shape index (κ3) is 3.40. The van der Waals surface area contributed by atoms with E-state index >= 15 is 0 Å². The Morgan fingerprint density at radius 2 is 2.29 bits per heavy atom. The average Bonchev–Trinajstić information content (AvgIpc) is 2.90. The largest absolute Gasteiger partial charge is 0.370 e. The number of hydrogen-bond acceptors (Lipinski definition) is 6. The highest BCUT2D eigenvalue weighted by Gasteiger charge is 2.40. The van der Waals surface area contributed by atoms with Gasteiger partial charge in [0.15, 0.2) is 5.16 Å². The number of carbonyl (C=O) groups is 1. The highest BCUT2D eigenvalue weighted by Crippen LogP contribution is 2.33. The minimum atomic E-state index is -0.350. The Balaban J connectivity index is 2.23. The molecule has 6 nitrogen and oxygen atoms in total. The number of thioether (sulfide) groups is 1. The number of rotatable bonds is 5. The van der Waals surface area contributed by atoms with Gasteiger partial charge in [0, 0.05) is 32.7 Å². The normalized spacial score (nSPS) is 21.4. The fourth-order valence-electron chi connectivity index (χ4n) is 2.58. The Bertz CT molecular complexity index is 524. The summed E-state index contributed by atoms with van der Waals surface area (Å²) in [4.78, 5) is 23.2. The van der Waals surface area contributed by atoms with E-state index < -0.39 is 0 Å². The van der Waals surface area contributed by atoms with Crippen molar-refractivity contribution in [2.24, 2.45) is 5.41 Å². The molecule has 2 N–H and O–H groups in total. The van der Waals surface area contributed by atoms with Crippen molar-refractivity contribution < 1.29 is 4.79 Å². The predicted octanol–water partition coefficient (Wildman–Crippen LogP) is 1.59. The van der Waals surface area contributed by atoms with Crippen LogP contribution in [-0.2, 0) is 4.79 Å². The van der Waals surface area contributed by atoms with E-state index in [1.807, 2.05) is 26.2 Å². The van der Waals surface area contributed by atoms with E-state index in [4.69, 9.17) is 0 Å². The van der Waals surface area contributed by atoms with E-state index in [0.717, 1.165) is 36.3 Å². The van der Waals surface area contributed by atoms with Crippen LogP contribution in [0, 0.1) is 5.41 Å². The molecule has 1 amide bonds. The van der Waals surface area contributed by atoms with Gasteiger partial charge in [-0.05, 0) is 26.5 Å². The summed E-state index contributed by atoms with van der Waals surface area (Å²) < 4.78 is 0. The Labute approximate surface area is 130 Å². The summed E-state index contributed by atoms with van der Waals surface area (Å²) in [7, 11) is 1.69. The third-order valence-corrected chi connectivity index (χ3v) is 4.35. The van der Waals surface area contributed by atoms with Gasteiger partial charge in [-0.25, -0.2) is 9.97 Å². The quantitative estimate of drug-likeness (QED) is 0.636. The van der Waals surface area contributed by atoms with E-state index in [0.29, 0.717) is 6.54 Å². The van der Waals surface area contributed by atoms with E-state index in [1.54, 1.807) is 7.05 Å². The molecule has 1 aromatic rings. The molecule has 0 saturated carbocycles. The van der Waals surface area contributed by atoms with Crippen molar-refractivity contribution in [1.29, 1.82) is 0 Å². The topological polar surface area (TPSA) is 70.2 Å². The zero-order valence-electron chi connectivity index (χ0n) is 13.1. The lowest BCUT2D eigenvalue weighted by Crippen LogP contribution is -2.39. The number of amides is 1. The van der Waals surface area contributed by atoms with Crippen LogP contribution >= 0.6 is 11.8 Å². The van der Waals surface area contributed by atoms with Crippen LogP contribution in [0.15, 0.2) is 11.2 Å². The van der Waals surface area contributed by atoms with Crippen LogP contribution in [-0.4, -0.2) is 48.8 Å². The molecule has 21 heavy (non-hydrogen) atoms. The monoisotopic (exact) mass is 309 g/mol. The Morgan fingerprint density at radius 1 is 1.52 bits per heavy atom. The van der Waals surface area contributed by atoms with Gasteiger partial charge in [0.1, 0.15) is 11.6 Å². The highest BCUT2D eigenvalue weighted by atomic mass is 32.2. The summed E-state index contributed by atoms with van der Waals surface area (Å²) in [5.41, 5.74) is -0.350. The first-order valence-electron chi connectivity index (χ1n) is 7.16. The highest BCUT2D eigenvalue weighted by molar-refractivity contribution is 7.98. The van der Waals surface area contributed by atoms with Crippen LogP contribution < -0.4 is 15.5 Å². The molecule has 1 fully saturated rings. The number of aromatic nitrogens is 2. The number of anilines is 2. The Hall–Kier alpha value is -1.50. The molecular formula is C14H23N5OS. The van der Waals surface area contributed by atoms with E-state index in [1.165, 1.54) is 11.8 Å². The molecule has 0 radical (unpaired) electrons. The van der Waals surface area contributed by atoms with Crippen molar-refractivity contribution in [2.45, 2.75) is 25.4 Å². The van der Waals surface area contributed by atoms with Crippen LogP contribution in [0.3, 0.4) is 0 Å². The van der Waals surface area contributed by atoms with Gasteiger partial charge in [0.25, 0.3) is 0 Å². The van der Waals surface area contributed by atoms with Crippen molar-refractivity contribution >= 4 is 29.3 Å². The lowest BCUT2D eigenvalue weighted by Gasteiger charge is -2.23. The lowest BCUT2D eigenvalue weighted by molar-refractivity contribution is -0.128. The van der Waals surface area contributed by atoms with Gasteiger partial charge in [-0.1, -0.05) is 11.8 Å². The molecule has 7 heteroatoms. The standard InChI is InChI=1S/C14H23N5OS/c1-5-16-10-8-11(18-13(17-10)21-4)19-7-6-14(2,9-19)12(20)15-3/h8H,5-7,9H2,1-4H3,(H,15,20)(H,16,17,18). The molecule has 1 aliphatic rings. The van der Waals surface area contributed by atoms with Gasteiger partial charge in [0.2, 0.25) is 5.91 Å². The molecule has 116 valence electrons. The van der Waals surface area contributed by atoms with Gasteiger partial charge >= 0.3 is 0 Å². The maximum absolute atomic E-state index is 12.0. The molecule has 2 heterocycles. The molecular weight excluding hydrogens is 286 g/mol. The number of hydrogen-bond donors (Lipinski definition) is 2. The molecule has 1 unspecified atom stereocenters. The molecule has 0 aromatic carbocycles. The van der Waals surface area contributed by atoms with Gasteiger partial charge in [-0.3, -0.25) is 4.79 Å². The van der Waals surface area contributed by atoms with Gasteiger partial charge in [-0.2, -0.15) is 0 Å². The summed E-state index contributed by atoms with van der Waals surface area (Å²) in [6.45, 7) is 6.39. The van der Waals surface area contributed by atoms with Crippen LogP contribution in [0.25, 0.3) is 0 Å². The maximum atomic E-state index is 12.0.